The van der Waals surface area contributed by atoms with Crippen LogP contribution in [0.2, 0.25) is 0 Å². The maximum Gasteiger partial charge on any atom is 0.144 e. The molecule has 0 heterocycles. The van der Waals surface area contributed by atoms with Gasteiger partial charge in [-0.25, -0.2) is 0 Å². The van der Waals surface area contributed by atoms with Gasteiger partial charge < -0.3 is 16.3 Å². The third-order valence-electron chi connectivity index (χ3n) is 4.01. The van der Waals surface area contributed by atoms with Crippen LogP contribution in [-0.4, -0.2) is 23.6 Å². The summed E-state index contributed by atoms with van der Waals surface area (Å²) in [6, 6.07) is 0.678. The Hall–Kier alpha value is -0.770. The molecular weight excluding hydrogens is 250 g/mol. The maximum atomic E-state index is 8.74. The van der Waals surface area contributed by atoms with Crippen LogP contribution in [-0.2, 0) is 0 Å². The molecule has 0 amide bonds. The highest BCUT2D eigenvalue weighted by atomic mass is 16.4. The molecule has 0 saturated heterocycles. The number of nitrogens with one attached hydrogen (secondary N) is 1. The topological polar surface area (TPSA) is 70.6 Å². The van der Waals surface area contributed by atoms with Crippen molar-refractivity contribution in [3.63, 3.8) is 0 Å². The minimum atomic E-state index is -0.209. The van der Waals surface area contributed by atoms with Crippen molar-refractivity contribution >= 4 is 5.84 Å². The zero-order valence-electron chi connectivity index (χ0n) is 13.9. The van der Waals surface area contributed by atoms with Crippen LogP contribution in [0.1, 0.15) is 79.1 Å². The van der Waals surface area contributed by atoms with E-state index in [1.54, 1.807) is 0 Å². The summed E-state index contributed by atoms with van der Waals surface area (Å²) in [4.78, 5) is 0. The van der Waals surface area contributed by atoms with Gasteiger partial charge >= 0.3 is 0 Å². The molecule has 0 bridgehead atoms. The molecule has 0 aliphatic rings. The Morgan fingerprint density at radius 1 is 1.15 bits per heavy atom. The summed E-state index contributed by atoms with van der Waals surface area (Å²) < 4.78 is 0. The SMILES string of the molecule is CCCCC(CCC)NCCCCC(C)(C)C(N)=NO. The van der Waals surface area contributed by atoms with Gasteiger partial charge in [0, 0.05) is 11.5 Å². The predicted molar refractivity (Wildman–Crippen MR) is 87.3 cm³/mol. The summed E-state index contributed by atoms with van der Waals surface area (Å²) in [7, 11) is 0. The van der Waals surface area contributed by atoms with Crippen molar-refractivity contribution in [2.45, 2.75) is 85.1 Å². The summed E-state index contributed by atoms with van der Waals surface area (Å²) in [6.07, 6.45) is 9.60. The number of unbranched alkanes of at least 4 members (excludes halogenated alkanes) is 2. The summed E-state index contributed by atoms with van der Waals surface area (Å²) in [5.41, 5.74) is 5.48. The first-order chi connectivity index (χ1) is 9.47. The van der Waals surface area contributed by atoms with Gasteiger partial charge in [-0.05, 0) is 32.2 Å². The molecular formula is C16H35N3O. The van der Waals surface area contributed by atoms with Gasteiger partial charge in [0.1, 0.15) is 5.84 Å². The standard InChI is InChI=1S/C16H35N3O/c1-5-7-11-14(10-6-2)18-13-9-8-12-16(3,4)15(17)19-20/h14,18,20H,5-13H2,1-4H3,(H2,17,19). The van der Waals surface area contributed by atoms with E-state index in [4.69, 9.17) is 10.9 Å². The first-order valence-corrected chi connectivity index (χ1v) is 8.19. The quantitative estimate of drug-likeness (QED) is 0.167. The van der Waals surface area contributed by atoms with E-state index in [1.807, 2.05) is 13.8 Å². The Balaban J connectivity index is 3.83. The highest BCUT2D eigenvalue weighted by Gasteiger charge is 2.22. The van der Waals surface area contributed by atoms with E-state index in [1.165, 1.54) is 32.1 Å². The second kappa shape index (κ2) is 11.0. The Kier molecular flexibility index (Phi) is 10.5. The predicted octanol–water partition coefficient (Wildman–Crippen LogP) is 3.88. The number of nitrogens with zero attached hydrogens (tertiary/aromatic N) is 1. The van der Waals surface area contributed by atoms with Gasteiger partial charge in [0.2, 0.25) is 0 Å². The molecule has 0 aliphatic heterocycles. The van der Waals surface area contributed by atoms with Gasteiger partial charge in [0.15, 0.2) is 0 Å². The maximum absolute atomic E-state index is 8.74. The van der Waals surface area contributed by atoms with Crippen molar-refractivity contribution in [3.05, 3.63) is 0 Å². The summed E-state index contributed by atoms with van der Waals surface area (Å²) in [5, 5.41) is 15.5. The lowest BCUT2D eigenvalue weighted by atomic mass is 9.86. The van der Waals surface area contributed by atoms with Crippen molar-refractivity contribution in [3.8, 4) is 0 Å². The second-order valence-corrected chi connectivity index (χ2v) is 6.41. The highest BCUT2D eigenvalue weighted by Crippen LogP contribution is 2.23. The number of hydrogen-bond donors (Lipinski definition) is 3. The Labute approximate surface area is 125 Å². The van der Waals surface area contributed by atoms with E-state index in [0.717, 1.165) is 25.8 Å². The smallest absolute Gasteiger partial charge is 0.144 e. The minimum absolute atomic E-state index is 0.209. The van der Waals surface area contributed by atoms with E-state index in [-0.39, 0.29) is 5.41 Å². The van der Waals surface area contributed by atoms with Gasteiger partial charge in [-0.1, -0.05) is 58.5 Å². The fraction of sp³-hybridized carbons (Fsp3) is 0.938. The molecule has 0 rings (SSSR count). The van der Waals surface area contributed by atoms with Crippen molar-refractivity contribution in [1.29, 1.82) is 0 Å². The van der Waals surface area contributed by atoms with Crippen molar-refractivity contribution in [1.82, 2.24) is 5.32 Å². The molecule has 4 heteroatoms. The second-order valence-electron chi connectivity index (χ2n) is 6.41. The van der Waals surface area contributed by atoms with Crippen LogP contribution in [0.4, 0.5) is 0 Å². The van der Waals surface area contributed by atoms with Crippen LogP contribution < -0.4 is 11.1 Å². The molecule has 0 spiro atoms. The molecule has 0 saturated carbocycles. The molecule has 0 aromatic rings. The van der Waals surface area contributed by atoms with E-state index in [9.17, 15) is 0 Å². The molecule has 0 aromatic heterocycles. The zero-order chi connectivity index (χ0) is 15.4. The van der Waals surface area contributed by atoms with Crippen molar-refractivity contribution < 1.29 is 5.21 Å². The average Bonchev–Trinajstić information content (AvgIpc) is 2.43. The molecule has 1 unspecified atom stereocenters. The molecule has 4 N–H and O–H groups in total. The largest absolute Gasteiger partial charge is 0.409 e. The fourth-order valence-corrected chi connectivity index (χ4v) is 2.41. The van der Waals surface area contributed by atoms with Crippen LogP contribution in [0.3, 0.4) is 0 Å². The van der Waals surface area contributed by atoms with Crippen molar-refractivity contribution in [2.75, 3.05) is 6.54 Å². The average molecular weight is 285 g/mol. The Bertz CT molecular complexity index is 264. The highest BCUT2D eigenvalue weighted by molar-refractivity contribution is 5.85. The molecule has 1 atom stereocenters. The van der Waals surface area contributed by atoms with Crippen molar-refractivity contribution in [2.24, 2.45) is 16.3 Å². The van der Waals surface area contributed by atoms with Gasteiger partial charge in [-0.3, -0.25) is 0 Å². The monoisotopic (exact) mass is 285 g/mol. The molecule has 0 fully saturated rings. The molecule has 20 heavy (non-hydrogen) atoms. The van der Waals surface area contributed by atoms with E-state index in [2.05, 4.69) is 24.3 Å². The first-order valence-electron chi connectivity index (χ1n) is 8.19. The van der Waals surface area contributed by atoms with Crippen LogP contribution >= 0.6 is 0 Å². The number of nitrogens with two attached hydrogens (primary N) is 1. The molecule has 4 nitrogen and oxygen atoms in total. The van der Waals surface area contributed by atoms with E-state index >= 15 is 0 Å². The number of oxime groups is 1. The normalized spacial score (nSPS) is 14.5. The summed E-state index contributed by atoms with van der Waals surface area (Å²) >= 11 is 0. The zero-order valence-corrected chi connectivity index (χ0v) is 13.9. The Morgan fingerprint density at radius 2 is 1.85 bits per heavy atom. The minimum Gasteiger partial charge on any atom is -0.409 e. The van der Waals surface area contributed by atoms with Crippen LogP contribution in [0.25, 0.3) is 0 Å². The van der Waals surface area contributed by atoms with Crippen LogP contribution in [0.5, 0.6) is 0 Å². The lowest BCUT2D eigenvalue weighted by molar-refractivity contribution is 0.304. The van der Waals surface area contributed by atoms with Crippen LogP contribution in [0, 0.1) is 5.41 Å². The summed E-state index contributed by atoms with van der Waals surface area (Å²) in [6.45, 7) is 9.62. The van der Waals surface area contributed by atoms with Gasteiger partial charge in [0.05, 0.1) is 0 Å². The van der Waals surface area contributed by atoms with Gasteiger partial charge in [-0.15, -0.1) is 0 Å². The lowest BCUT2D eigenvalue weighted by Crippen LogP contribution is -2.32. The van der Waals surface area contributed by atoms with E-state index < -0.39 is 0 Å². The third kappa shape index (κ3) is 8.41. The third-order valence-corrected chi connectivity index (χ3v) is 4.01. The lowest BCUT2D eigenvalue weighted by Gasteiger charge is -2.23. The number of rotatable bonds is 12. The van der Waals surface area contributed by atoms with E-state index in [0.29, 0.717) is 11.9 Å². The van der Waals surface area contributed by atoms with Gasteiger partial charge in [-0.2, -0.15) is 0 Å². The molecule has 120 valence electrons. The fourth-order valence-electron chi connectivity index (χ4n) is 2.41. The Morgan fingerprint density at radius 3 is 2.40 bits per heavy atom. The molecule has 0 radical (unpaired) electrons. The van der Waals surface area contributed by atoms with Crippen LogP contribution in [0.15, 0.2) is 5.16 Å². The number of hydrogen-bond acceptors (Lipinski definition) is 3. The summed E-state index contributed by atoms with van der Waals surface area (Å²) in [5.74, 6) is 0.331. The number of amidine groups is 1. The first kappa shape index (κ1) is 19.2. The molecule has 0 aliphatic carbocycles. The molecule has 0 aromatic carbocycles. The van der Waals surface area contributed by atoms with Gasteiger partial charge in [0.25, 0.3) is 0 Å².